The lowest BCUT2D eigenvalue weighted by atomic mass is 9.95. The molecule has 8 nitrogen and oxygen atoms in total. The van der Waals surface area contributed by atoms with Gasteiger partial charge in [-0.3, -0.25) is 0 Å². The zero-order chi connectivity index (χ0) is 19.9. The van der Waals surface area contributed by atoms with E-state index in [0.717, 1.165) is 10.9 Å². The largest absolute Gasteiger partial charge is 0.394 e. The highest BCUT2D eigenvalue weighted by Gasteiger charge is 2.44. The summed E-state index contributed by atoms with van der Waals surface area (Å²) in [6, 6.07) is 7.29. The summed E-state index contributed by atoms with van der Waals surface area (Å²) in [5.74, 6) is 0. The van der Waals surface area contributed by atoms with E-state index in [-0.39, 0.29) is 6.42 Å². The molecule has 0 aliphatic carbocycles. The van der Waals surface area contributed by atoms with Crippen LogP contribution in [0.3, 0.4) is 0 Å². The van der Waals surface area contributed by atoms with Gasteiger partial charge in [-0.25, -0.2) is 0 Å². The van der Waals surface area contributed by atoms with Gasteiger partial charge in [0, 0.05) is 18.0 Å². The fraction of sp³-hybridized carbons (Fsp3) is 0.579. The Morgan fingerprint density at radius 3 is 2.41 bits per heavy atom. The van der Waals surface area contributed by atoms with Crippen molar-refractivity contribution in [1.82, 2.24) is 4.57 Å². The topological polar surface area (TPSA) is 136 Å². The predicted molar refractivity (Wildman–Crippen MR) is 97.0 cm³/mol. The molecule has 1 saturated heterocycles. The predicted octanol–water partition coefficient (Wildman–Crippen LogP) is -0.712. The van der Waals surface area contributed by atoms with Crippen LogP contribution in [0.2, 0.25) is 0 Å². The molecule has 1 aromatic carbocycles. The van der Waals surface area contributed by atoms with Gasteiger partial charge in [-0.2, -0.15) is 0 Å². The number of para-hydroxylation sites is 1. The minimum absolute atomic E-state index is 0.175. The molecule has 0 unspecified atom stereocenters. The van der Waals surface area contributed by atoms with E-state index in [4.69, 9.17) is 4.74 Å². The Bertz CT molecular complexity index is 782. The zero-order valence-electron chi connectivity index (χ0n) is 15.3. The third-order valence-corrected chi connectivity index (χ3v) is 5.19. The number of aliphatic hydroxyl groups excluding tert-OH is 5. The lowest BCUT2D eigenvalue weighted by Gasteiger charge is -2.40. The normalized spacial score (nSPS) is 30.6. The first kappa shape index (κ1) is 20.2. The summed E-state index contributed by atoms with van der Waals surface area (Å²) in [6.07, 6.45) is -5.51. The maximum atomic E-state index is 10.4. The van der Waals surface area contributed by atoms with Crippen molar-refractivity contribution in [3.63, 3.8) is 0 Å². The van der Waals surface area contributed by atoms with Gasteiger partial charge < -0.3 is 39.9 Å². The zero-order valence-corrected chi connectivity index (χ0v) is 15.3. The number of fused-ring (bicyclic) bond motifs is 1. The molecule has 0 spiro atoms. The highest BCUT2D eigenvalue weighted by Crippen LogP contribution is 2.34. The highest BCUT2D eigenvalue weighted by atomic mass is 16.6. The van der Waals surface area contributed by atoms with Crippen LogP contribution in [0.1, 0.15) is 25.6 Å². The molecule has 0 radical (unpaired) electrons. The Labute approximate surface area is 156 Å². The quantitative estimate of drug-likeness (QED) is 0.403. The average molecular weight is 381 g/mol. The van der Waals surface area contributed by atoms with Gasteiger partial charge in [0.25, 0.3) is 0 Å². The van der Waals surface area contributed by atoms with Crippen molar-refractivity contribution in [3.8, 4) is 0 Å². The van der Waals surface area contributed by atoms with Crippen molar-refractivity contribution < 1.29 is 35.4 Å². The van der Waals surface area contributed by atoms with Crippen LogP contribution in [-0.2, 0) is 11.2 Å². The lowest BCUT2D eigenvalue weighted by molar-refractivity contribution is -0.250. The van der Waals surface area contributed by atoms with Crippen molar-refractivity contribution in [2.75, 3.05) is 6.61 Å². The van der Waals surface area contributed by atoms with E-state index in [1.54, 1.807) is 22.9 Å². The second-order valence-corrected chi connectivity index (χ2v) is 7.67. The van der Waals surface area contributed by atoms with Gasteiger partial charge in [0.05, 0.1) is 23.8 Å². The molecule has 8 heteroatoms. The van der Waals surface area contributed by atoms with Crippen LogP contribution in [-0.4, -0.2) is 77.9 Å². The number of nitrogens with zero attached hydrogens (tertiary/aromatic N) is 1. The first-order chi connectivity index (χ1) is 12.6. The Kier molecular flexibility index (Phi) is 5.60. The molecule has 1 aliphatic heterocycles. The fourth-order valence-corrected chi connectivity index (χ4v) is 3.42. The van der Waals surface area contributed by atoms with E-state index in [1.807, 2.05) is 12.1 Å². The maximum Gasteiger partial charge on any atom is 0.163 e. The Balaban J connectivity index is 2.02. The van der Waals surface area contributed by atoms with Crippen molar-refractivity contribution >= 4 is 10.9 Å². The summed E-state index contributed by atoms with van der Waals surface area (Å²) >= 11 is 0. The lowest BCUT2D eigenvalue weighted by Crippen LogP contribution is -2.56. The van der Waals surface area contributed by atoms with E-state index in [1.165, 1.54) is 13.8 Å². The number of rotatable bonds is 5. The molecule has 150 valence electrons. The van der Waals surface area contributed by atoms with Crippen LogP contribution in [0.15, 0.2) is 30.5 Å². The first-order valence-electron chi connectivity index (χ1n) is 8.94. The number of hydrogen-bond acceptors (Lipinski definition) is 7. The second kappa shape index (κ2) is 7.48. The molecule has 27 heavy (non-hydrogen) atoms. The number of aliphatic hydroxyl groups is 6. The fourth-order valence-electron chi connectivity index (χ4n) is 3.42. The van der Waals surface area contributed by atoms with Gasteiger partial charge >= 0.3 is 0 Å². The van der Waals surface area contributed by atoms with Crippen LogP contribution in [0.5, 0.6) is 0 Å². The van der Waals surface area contributed by atoms with E-state index < -0.39 is 49.0 Å². The van der Waals surface area contributed by atoms with E-state index in [9.17, 15) is 30.6 Å². The molecule has 1 aliphatic rings. The van der Waals surface area contributed by atoms with Gasteiger partial charge in [0.2, 0.25) is 0 Å². The van der Waals surface area contributed by atoms with Crippen molar-refractivity contribution in [1.29, 1.82) is 0 Å². The van der Waals surface area contributed by atoms with Crippen molar-refractivity contribution in [2.24, 2.45) is 0 Å². The van der Waals surface area contributed by atoms with Gasteiger partial charge in [0.1, 0.15) is 24.4 Å². The number of hydrogen-bond donors (Lipinski definition) is 6. The van der Waals surface area contributed by atoms with Gasteiger partial charge in [-0.15, -0.1) is 0 Å². The summed E-state index contributed by atoms with van der Waals surface area (Å²) in [5, 5.41) is 61.0. The monoisotopic (exact) mass is 381 g/mol. The van der Waals surface area contributed by atoms with Crippen LogP contribution < -0.4 is 0 Å². The first-order valence-corrected chi connectivity index (χ1v) is 8.94. The molecule has 0 amide bonds. The van der Waals surface area contributed by atoms with Crippen molar-refractivity contribution in [3.05, 3.63) is 36.0 Å². The molecular weight excluding hydrogens is 354 g/mol. The molecule has 6 atom stereocenters. The van der Waals surface area contributed by atoms with E-state index in [0.29, 0.717) is 5.52 Å². The molecule has 1 aromatic heterocycles. The highest BCUT2D eigenvalue weighted by molar-refractivity contribution is 5.84. The molecule has 1 fully saturated rings. The van der Waals surface area contributed by atoms with Gasteiger partial charge in [-0.05, 0) is 25.5 Å². The molecule has 0 bridgehead atoms. The third-order valence-electron chi connectivity index (χ3n) is 5.19. The maximum absolute atomic E-state index is 10.4. The van der Waals surface area contributed by atoms with Crippen LogP contribution in [0.25, 0.3) is 10.9 Å². The summed E-state index contributed by atoms with van der Waals surface area (Å²) < 4.78 is 7.27. The number of benzene rings is 1. The second-order valence-electron chi connectivity index (χ2n) is 7.67. The standard InChI is InChI=1S/C19H27NO7/c1-19(2,26)14(22)7-10-8-20(12-6-4-3-5-11(10)12)18-17(25)16(24)15(23)13(9-21)27-18/h3-6,8,13-18,21-26H,7,9H2,1-2H3/t13-,14-,15-,16+,17-,18-/m1/s1. The smallest absolute Gasteiger partial charge is 0.163 e. The Morgan fingerprint density at radius 1 is 1.11 bits per heavy atom. The minimum atomic E-state index is -1.48. The number of aromatic nitrogens is 1. The molecule has 2 aromatic rings. The molecule has 3 rings (SSSR count). The average Bonchev–Trinajstić information content (AvgIpc) is 2.98. The molecular formula is C19H27NO7. The van der Waals surface area contributed by atoms with Gasteiger partial charge in [0.15, 0.2) is 6.23 Å². The summed E-state index contributed by atoms with van der Waals surface area (Å²) in [5.41, 5.74) is 0.142. The summed E-state index contributed by atoms with van der Waals surface area (Å²) in [7, 11) is 0. The third kappa shape index (κ3) is 3.74. The van der Waals surface area contributed by atoms with Crippen LogP contribution in [0.4, 0.5) is 0 Å². The number of ether oxygens (including phenoxy) is 1. The van der Waals surface area contributed by atoms with Crippen LogP contribution in [0, 0.1) is 0 Å². The minimum Gasteiger partial charge on any atom is -0.394 e. The molecule has 0 saturated carbocycles. The summed E-state index contributed by atoms with van der Waals surface area (Å²) in [4.78, 5) is 0. The van der Waals surface area contributed by atoms with E-state index in [2.05, 4.69) is 0 Å². The Hall–Kier alpha value is -1.52. The van der Waals surface area contributed by atoms with Crippen molar-refractivity contribution in [2.45, 2.75) is 62.6 Å². The van der Waals surface area contributed by atoms with Gasteiger partial charge in [-0.1, -0.05) is 18.2 Å². The molecule has 2 heterocycles. The molecule has 6 N–H and O–H groups in total. The SMILES string of the molecule is CC(C)(O)[C@H](O)Cc1cn([C@@H]2O[C@H](CO)[C@@H](O)[C@H](O)[C@H]2O)c2ccccc12. The summed E-state index contributed by atoms with van der Waals surface area (Å²) in [6.45, 7) is 2.54. The Morgan fingerprint density at radius 2 is 1.78 bits per heavy atom. The van der Waals surface area contributed by atoms with E-state index >= 15 is 0 Å². The van der Waals surface area contributed by atoms with Crippen LogP contribution >= 0.6 is 0 Å².